The van der Waals surface area contributed by atoms with E-state index in [0.29, 0.717) is 19.6 Å². The van der Waals surface area contributed by atoms with Crippen LogP contribution in [-0.4, -0.2) is 31.1 Å². The topological polar surface area (TPSA) is 41.6 Å². The van der Waals surface area contributed by atoms with Crippen LogP contribution >= 0.6 is 11.3 Å². The molecule has 1 N–H and O–H groups in total. The number of urea groups is 1. The Kier molecular flexibility index (Phi) is 5.09. The second-order valence-corrected chi connectivity index (χ2v) is 7.27. The van der Waals surface area contributed by atoms with Crippen molar-refractivity contribution in [1.29, 1.82) is 0 Å². The van der Waals surface area contributed by atoms with Crippen LogP contribution in [0.25, 0.3) is 0 Å². The molecular formula is C19H24N2O2S. The van der Waals surface area contributed by atoms with Crippen molar-refractivity contribution in [3.63, 3.8) is 0 Å². The molecule has 0 spiro atoms. The van der Waals surface area contributed by atoms with Crippen LogP contribution in [0.2, 0.25) is 0 Å². The summed E-state index contributed by atoms with van der Waals surface area (Å²) in [5, 5.41) is 5.18. The summed E-state index contributed by atoms with van der Waals surface area (Å²) >= 11 is 1.68. The number of methoxy groups -OCH3 is 1. The average molecular weight is 344 g/mol. The first kappa shape index (κ1) is 16.8. The van der Waals surface area contributed by atoms with E-state index in [2.05, 4.69) is 17.4 Å². The minimum Gasteiger partial charge on any atom is -0.496 e. The summed E-state index contributed by atoms with van der Waals surface area (Å²) < 4.78 is 5.50. The summed E-state index contributed by atoms with van der Waals surface area (Å²) in [6.45, 7) is 4.04. The van der Waals surface area contributed by atoms with Gasteiger partial charge in [0.1, 0.15) is 5.75 Å². The lowest BCUT2D eigenvalue weighted by Crippen LogP contribution is -2.42. The summed E-state index contributed by atoms with van der Waals surface area (Å²) in [5.41, 5.74) is 1.24. The normalized spacial score (nSPS) is 14.9. The maximum Gasteiger partial charge on any atom is 0.317 e. The van der Waals surface area contributed by atoms with Crippen LogP contribution < -0.4 is 10.1 Å². The number of benzene rings is 1. The van der Waals surface area contributed by atoms with E-state index in [1.807, 2.05) is 41.5 Å². The van der Waals surface area contributed by atoms with E-state index >= 15 is 0 Å². The van der Waals surface area contributed by atoms with Crippen molar-refractivity contribution < 1.29 is 9.53 Å². The Hall–Kier alpha value is -2.01. The van der Waals surface area contributed by atoms with Gasteiger partial charge in [-0.15, -0.1) is 11.3 Å². The van der Waals surface area contributed by atoms with Gasteiger partial charge in [0.05, 0.1) is 13.7 Å². The summed E-state index contributed by atoms with van der Waals surface area (Å²) in [6, 6.07) is 12.2. The number of carbonyl (C=O) groups excluding carboxylic acids is 1. The Morgan fingerprint density at radius 2 is 2.08 bits per heavy atom. The molecule has 0 unspecified atom stereocenters. The van der Waals surface area contributed by atoms with Gasteiger partial charge in [-0.1, -0.05) is 24.3 Å². The molecule has 2 amide bonds. The molecule has 2 aromatic rings. The molecule has 4 nitrogen and oxygen atoms in total. The van der Waals surface area contributed by atoms with E-state index in [1.165, 1.54) is 10.4 Å². The second kappa shape index (κ2) is 7.26. The molecule has 0 atom stereocenters. The SMILES string of the molecule is CCN(Cc1cccs1)C(=O)NCC1(c2ccccc2OC)CC1. The van der Waals surface area contributed by atoms with Crippen LogP contribution in [0, 0.1) is 0 Å². The Labute approximate surface area is 147 Å². The maximum absolute atomic E-state index is 12.5. The molecule has 1 aliphatic rings. The average Bonchev–Trinajstić information content (AvgIpc) is 3.24. The van der Waals surface area contributed by atoms with Crippen LogP contribution in [0.3, 0.4) is 0 Å². The molecule has 3 rings (SSSR count). The molecule has 0 bridgehead atoms. The number of rotatable bonds is 7. The molecule has 5 heteroatoms. The minimum atomic E-state index is 0.00655. The van der Waals surface area contributed by atoms with Gasteiger partial charge >= 0.3 is 6.03 Å². The van der Waals surface area contributed by atoms with Crippen LogP contribution in [0.5, 0.6) is 5.75 Å². The van der Waals surface area contributed by atoms with Gasteiger partial charge in [0.15, 0.2) is 0 Å². The first-order valence-electron chi connectivity index (χ1n) is 8.37. The quantitative estimate of drug-likeness (QED) is 0.824. The second-order valence-electron chi connectivity index (χ2n) is 6.23. The van der Waals surface area contributed by atoms with E-state index in [9.17, 15) is 4.79 Å². The zero-order chi connectivity index (χ0) is 17.0. The molecule has 1 aromatic carbocycles. The van der Waals surface area contributed by atoms with Crippen LogP contribution in [-0.2, 0) is 12.0 Å². The highest BCUT2D eigenvalue weighted by molar-refractivity contribution is 7.09. The van der Waals surface area contributed by atoms with E-state index in [4.69, 9.17) is 4.74 Å². The Morgan fingerprint density at radius 1 is 1.29 bits per heavy atom. The molecule has 24 heavy (non-hydrogen) atoms. The number of hydrogen-bond donors (Lipinski definition) is 1. The molecule has 0 radical (unpaired) electrons. The largest absolute Gasteiger partial charge is 0.496 e. The van der Waals surface area contributed by atoms with E-state index in [-0.39, 0.29) is 11.4 Å². The van der Waals surface area contributed by atoms with Crippen molar-refractivity contribution in [2.75, 3.05) is 20.2 Å². The van der Waals surface area contributed by atoms with Crippen molar-refractivity contribution >= 4 is 17.4 Å². The van der Waals surface area contributed by atoms with Gasteiger partial charge in [-0.3, -0.25) is 0 Å². The third kappa shape index (κ3) is 3.56. The van der Waals surface area contributed by atoms with Crippen molar-refractivity contribution in [3.8, 4) is 5.75 Å². The van der Waals surface area contributed by atoms with Gasteiger partial charge in [0.2, 0.25) is 0 Å². The molecular weight excluding hydrogens is 320 g/mol. The Balaban J connectivity index is 1.63. The van der Waals surface area contributed by atoms with Crippen LogP contribution in [0.15, 0.2) is 41.8 Å². The third-order valence-electron chi connectivity index (χ3n) is 4.71. The lowest BCUT2D eigenvalue weighted by molar-refractivity contribution is 0.197. The molecule has 1 aromatic heterocycles. The lowest BCUT2D eigenvalue weighted by atomic mass is 9.95. The molecule has 1 heterocycles. The number of thiophene rings is 1. The smallest absolute Gasteiger partial charge is 0.317 e. The predicted molar refractivity (Wildman–Crippen MR) is 97.7 cm³/mol. The number of carbonyl (C=O) groups is 1. The maximum atomic E-state index is 12.5. The van der Waals surface area contributed by atoms with E-state index in [1.54, 1.807) is 18.4 Å². The summed E-state index contributed by atoms with van der Waals surface area (Å²) in [4.78, 5) is 15.6. The van der Waals surface area contributed by atoms with Gasteiger partial charge in [0, 0.05) is 28.9 Å². The summed E-state index contributed by atoms with van der Waals surface area (Å²) in [6.07, 6.45) is 2.18. The highest BCUT2D eigenvalue weighted by Gasteiger charge is 2.46. The lowest BCUT2D eigenvalue weighted by Gasteiger charge is -2.24. The molecule has 0 aliphatic heterocycles. The fourth-order valence-electron chi connectivity index (χ4n) is 3.05. The standard InChI is InChI=1S/C19H24N2O2S/c1-3-21(13-15-7-6-12-24-15)18(22)20-14-19(10-11-19)16-8-4-5-9-17(16)23-2/h4-9,12H,3,10-11,13-14H2,1-2H3,(H,20,22). The summed E-state index contributed by atoms with van der Waals surface area (Å²) in [5.74, 6) is 0.912. The van der Waals surface area contributed by atoms with Gasteiger partial charge in [-0.05, 0) is 37.3 Å². The fourth-order valence-corrected chi connectivity index (χ4v) is 3.77. The molecule has 1 aliphatic carbocycles. The van der Waals surface area contributed by atoms with Crippen LogP contribution in [0.1, 0.15) is 30.2 Å². The molecule has 1 fully saturated rings. The van der Waals surface area contributed by atoms with Crippen molar-refractivity contribution in [2.24, 2.45) is 0 Å². The molecule has 1 saturated carbocycles. The minimum absolute atomic E-state index is 0.00655. The highest BCUT2D eigenvalue weighted by Crippen LogP contribution is 2.50. The zero-order valence-electron chi connectivity index (χ0n) is 14.2. The van der Waals surface area contributed by atoms with Gasteiger partial charge in [-0.2, -0.15) is 0 Å². The van der Waals surface area contributed by atoms with Gasteiger partial charge in [0.25, 0.3) is 0 Å². The zero-order valence-corrected chi connectivity index (χ0v) is 15.1. The number of para-hydroxylation sites is 1. The Bertz CT molecular complexity index is 680. The van der Waals surface area contributed by atoms with E-state index < -0.39 is 0 Å². The summed E-state index contributed by atoms with van der Waals surface area (Å²) in [7, 11) is 1.70. The Morgan fingerprint density at radius 3 is 2.71 bits per heavy atom. The fraction of sp³-hybridized carbons (Fsp3) is 0.421. The first-order valence-corrected chi connectivity index (χ1v) is 9.25. The van der Waals surface area contributed by atoms with Gasteiger partial charge in [-0.25, -0.2) is 4.79 Å². The molecule has 0 saturated heterocycles. The predicted octanol–water partition coefficient (Wildman–Crippen LogP) is 4.02. The number of amides is 2. The van der Waals surface area contributed by atoms with Crippen molar-refractivity contribution in [1.82, 2.24) is 10.2 Å². The van der Waals surface area contributed by atoms with Crippen molar-refractivity contribution in [3.05, 3.63) is 52.2 Å². The number of nitrogens with zero attached hydrogens (tertiary/aromatic N) is 1. The van der Waals surface area contributed by atoms with Crippen LogP contribution in [0.4, 0.5) is 4.79 Å². The van der Waals surface area contributed by atoms with E-state index in [0.717, 1.165) is 18.6 Å². The number of hydrogen-bond acceptors (Lipinski definition) is 3. The number of nitrogens with one attached hydrogen (secondary N) is 1. The number of ether oxygens (including phenoxy) is 1. The monoisotopic (exact) mass is 344 g/mol. The van der Waals surface area contributed by atoms with Crippen molar-refractivity contribution in [2.45, 2.75) is 31.7 Å². The van der Waals surface area contributed by atoms with Gasteiger partial charge < -0.3 is 15.0 Å². The third-order valence-corrected chi connectivity index (χ3v) is 5.57. The highest BCUT2D eigenvalue weighted by atomic mass is 32.1. The molecule has 128 valence electrons. The first-order chi connectivity index (χ1) is 11.7.